The van der Waals surface area contributed by atoms with Crippen molar-refractivity contribution >= 4 is 20.5 Å². The standard InChI is InChI=1S/C9H12O2Se/c1-2-11-9(10)6-5-8-4-3-7-12-8/h3-4,7H,2,5-6H2,1H3. The molecule has 0 amide bonds. The Morgan fingerprint density at radius 3 is 3.08 bits per heavy atom. The molecule has 0 aliphatic carbocycles. The molecule has 1 rings (SSSR count). The van der Waals surface area contributed by atoms with Gasteiger partial charge in [-0.25, -0.2) is 0 Å². The molecule has 0 aromatic carbocycles. The number of rotatable bonds is 4. The molecule has 1 aromatic heterocycles. The zero-order chi connectivity index (χ0) is 8.81. The van der Waals surface area contributed by atoms with Crippen LogP contribution in [0.15, 0.2) is 17.1 Å². The summed E-state index contributed by atoms with van der Waals surface area (Å²) in [5.41, 5.74) is 0. The van der Waals surface area contributed by atoms with Crippen molar-refractivity contribution in [2.24, 2.45) is 0 Å². The van der Waals surface area contributed by atoms with Crippen LogP contribution in [0.3, 0.4) is 0 Å². The van der Waals surface area contributed by atoms with Crippen LogP contribution in [0.25, 0.3) is 0 Å². The Morgan fingerprint density at radius 2 is 2.50 bits per heavy atom. The van der Waals surface area contributed by atoms with Gasteiger partial charge in [-0.3, -0.25) is 0 Å². The molecule has 2 nitrogen and oxygen atoms in total. The Balaban J connectivity index is 2.22. The Hall–Kier alpha value is -0.531. The zero-order valence-electron chi connectivity index (χ0n) is 7.08. The van der Waals surface area contributed by atoms with Gasteiger partial charge in [0, 0.05) is 0 Å². The van der Waals surface area contributed by atoms with Gasteiger partial charge in [-0.2, -0.15) is 0 Å². The number of ether oxygens (including phenoxy) is 1. The first-order valence-corrected chi connectivity index (χ1v) is 5.85. The van der Waals surface area contributed by atoms with Crippen molar-refractivity contribution in [1.82, 2.24) is 0 Å². The summed E-state index contributed by atoms with van der Waals surface area (Å²) in [4.78, 5) is 13.1. The Bertz CT molecular complexity index is 229. The maximum absolute atomic E-state index is 10.9. The minimum atomic E-state index is -0.0823. The summed E-state index contributed by atoms with van der Waals surface area (Å²) in [7, 11) is 0. The fourth-order valence-corrected chi connectivity index (χ4v) is 2.40. The van der Waals surface area contributed by atoms with E-state index in [-0.39, 0.29) is 5.97 Å². The zero-order valence-corrected chi connectivity index (χ0v) is 8.79. The number of hydrogen-bond donors (Lipinski definition) is 0. The molecule has 0 spiro atoms. The van der Waals surface area contributed by atoms with Gasteiger partial charge in [0.25, 0.3) is 0 Å². The van der Waals surface area contributed by atoms with E-state index in [1.54, 1.807) is 0 Å². The van der Waals surface area contributed by atoms with Crippen molar-refractivity contribution in [3.63, 3.8) is 0 Å². The molecule has 0 saturated heterocycles. The first-order valence-electron chi connectivity index (χ1n) is 4.01. The third-order valence-corrected chi connectivity index (χ3v) is 3.43. The topological polar surface area (TPSA) is 26.3 Å². The molecule has 0 unspecified atom stereocenters. The van der Waals surface area contributed by atoms with Crippen molar-refractivity contribution in [1.29, 1.82) is 0 Å². The summed E-state index contributed by atoms with van der Waals surface area (Å²) in [5, 5.41) is 0. The van der Waals surface area contributed by atoms with Crippen LogP contribution in [-0.2, 0) is 16.0 Å². The second kappa shape index (κ2) is 5.17. The minimum absolute atomic E-state index is 0.0823. The monoisotopic (exact) mass is 232 g/mol. The summed E-state index contributed by atoms with van der Waals surface area (Å²) >= 11 is 0.493. The van der Waals surface area contributed by atoms with Crippen LogP contribution < -0.4 is 0 Å². The number of hydrogen-bond acceptors (Lipinski definition) is 2. The molecular formula is C9H12O2Se. The normalized spacial score (nSPS) is 9.75. The van der Waals surface area contributed by atoms with Crippen LogP contribution in [0.1, 0.15) is 17.8 Å². The Morgan fingerprint density at radius 1 is 1.67 bits per heavy atom. The maximum atomic E-state index is 10.9. The Kier molecular flexibility index (Phi) is 4.12. The fraction of sp³-hybridized carbons (Fsp3) is 0.444. The molecule has 0 bridgehead atoms. The van der Waals surface area contributed by atoms with E-state index in [4.69, 9.17) is 4.74 Å². The third-order valence-electron chi connectivity index (χ3n) is 1.46. The molecule has 66 valence electrons. The van der Waals surface area contributed by atoms with Crippen LogP contribution in [0, 0.1) is 0 Å². The summed E-state index contributed by atoms with van der Waals surface area (Å²) in [6, 6.07) is 4.15. The summed E-state index contributed by atoms with van der Waals surface area (Å²) in [6.45, 7) is 2.32. The molecule has 0 aliphatic heterocycles. The van der Waals surface area contributed by atoms with Gasteiger partial charge in [0.1, 0.15) is 0 Å². The summed E-state index contributed by atoms with van der Waals surface area (Å²) in [6.07, 6.45) is 1.40. The molecule has 12 heavy (non-hydrogen) atoms. The SMILES string of the molecule is CCOC(=O)CCc1ccc[se]1. The van der Waals surface area contributed by atoms with E-state index in [1.165, 1.54) is 4.44 Å². The van der Waals surface area contributed by atoms with E-state index < -0.39 is 0 Å². The van der Waals surface area contributed by atoms with E-state index >= 15 is 0 Å². The summed E-state index contributed by atoms with van der Waals surface area (Å²) < 4.78 is 6.21. The number of esters is 1. The second-order valence-electron chi connectivity index (χ2n) is 2.38. The molecule has 0 radical (unpaired) electrons. The summed E-state index contributed by atoms with van der Waals surface area (Å²) in [5.74, 6) is -0.0823. The molecule has 0 aliphatic rings. The van der Waals surface area contributed by atoms with Gasteiger partial charge >= 0.3 is 77.9 Å². The molecule has 0 N–H and O–H groups in total. The second-order valence-corrected chi connectivity index (χ2v) is 4.55. The molecule has 0 saturated carbocycles. The van der Waals surface area contributed by atoms with Crippen LogP contribution in [-0.4, -0.2) is 27.1 Å². The third kappa shape index (κ3) is 3.24. The number of carbonyl (C=O) groups excluding carboxylic acids is 1. The van der Waals surface area contributed by atoms with Gasteiger partial charge < -0.3 is 0 Å². The molecule has 1 aromatic rings. The molecule has 1 heterocycles. The molecule has 0 fully saturated rings. The first-order chi connectivity index (χ1) is 5.83. The predicted molar refractivity (Wildman–Crippen MR) is 48.3 cm³/mol. The molecular weight excluding hydrogens is 219 g/mol. The van der Waals surface area contributed by atoms with Gasteiger partial charge in [-0.05, 0) is 0 Å². The first kappa shape index (κ1) is 9.56. The Labute approximate surface area is 78.3 Å². The van der Waals surface area contributed by atoms with Crippen molar-refractivity contribution in [3.05, 3.63) is 21.5 Å². The van der Waals surface area contributed by atoms with E-state index in [0.29, 0.717) is 27.5 Å². The van der Waals surface area contributed by atoms with Crippen molar-refractivity contribution in [2.75, 3.05) is 6.61 Å². The van der Waals surface area contributed by atoms with Crippen LogP contribution in [0.4, 0.5) is 0 Å². The van der Waals surface area contributed by atoms with Crippen molar-refractivity contribution in [3.8, 4) is 0 Å². The predicted octanol–water partition coefficient (Wildman–Crippen LogP) is 1.24. The average molecular weight is 231 g/mol. The fourth-order valence-electron chi connectivity index (χ4n) is 0.913. The quantitative estimate of drug-likeness (QED) is 0.575. The van der Waals surface area contributed by atoms with E-state index in [9.17, 15) is 4.79 Å². The van der Waals surface area contributed by atoms with Crippen LogP contribution >= 0.6 is 0 Å². The molecule has 3 heteroatoms. The van der Waals surface area contributed by atoms with Crippen molar-refractivity contribution < 1.29 is 9.53 Å². The van der Waals surface area contributed by atoms with Crippen LogP contribution in [0.5, 0.6) is 0 Å². The van der Waals surface area contributed by atoms with Gasteiger partial charge in [0.2, 0.25) is 0 Å². The molecule has 0 atom stereocenters. The van der Waals surface area contributed by atoms with E-state index in [1.807, 2.05) is 6.92 Å². The van der Waals surface area contributed by atoms with E-state index in [2.05, 4.69) is 17.1 Å². The van der Waals surface area contributed by atoms with Gasteiger partial charge in [-0.15, -0.1) is 0 Å². The average Bonchev–Trinajstić information content (AvgIpc) is 2.53. The van der Waals surface area contributed by atoms with E-state index in [0.717, 1.165) is 6.42 Å². The van der Waals surface area contributed by atoms with Crippen LogP contribution in [0.2, 0.25) is 0 Å². The van der Waals surface area contributed by atoms with Gasteiger partial charge in [0.15, 0.2) is 0 Å². The van der Waals surface area contributed by atoms with Gasteiger partial charge in [-0.1, -0.05) is 0 Å². The number of carbonyl (C=O) groups is 1. The van der Waals surface area contributed by atoms with Gasteiger partial charge in [0.05, 0.1) is 0 Å². The number of aryl methyl sites for hydroxylation is 1. The van der Waals surface area contributed by atoms with Crippen molar-refractivity contribution in [2.45, 2.75) is 19.8 Å².